The summed E-state index contributed by atoms with van der Waals surface area (Å²) in [5, 5.41) is 22.1. The lowest BCUT2D eigenvalue weighted by Gasteiger charge is -2.20. The van der Waals surface area contributed by atoms with Gasteiger partial charge in [-0.1, -0.05) is 0 Å². The van der Waals surface area contributed by atoms with Gasteiger partial charge in [-0.05, 0) is 24.3 Å². The topological polar surface area (TPSA) is 154 Å². The summed E-state index contributed by atoms with van der Waals surface area (Å²) in [7, 11) is -3.87. The summed E-state index contributed by atoms with van der Waals surface area (Å²) in [6.45, 7) is -0.276. The second-order valence-corrected chi connectivity index (χ2v) is 6.40. The molecule has 0 aliphatic heterocycles. The molecule has 1 aromatic rings. The van der Waals surface area contributed by atoms with Crippen molar-refractivity contribution in [2.24, 2.45) is 5.14 Å². The van der Waals surface area contributed by atoms with Crippen LogP contribution in [0.25, 0.3) is 0 Å². The number of nitrogens with two attached hydrogens (primary N) is 1. The number of ether oxygens (including phenoxy) is 1. The predicted molar refractivity (Wildman–Crippen MR) is 85.1 cm³/mol. The van der Waals surface area contributed by atoms with Gasteiger partial charge in [-0.2, -0.15) is 10.5 Å². The van der Waals surface area contributed by atoms with Crippen molar-refractivity contribution in [2.75, 3.05) is 19.7 Å². The fourth-order valence-electron chi connectivity index (χ4n) is 1.81. The first-order valence-electron chi connectivity index (χ1n) is 7.11. The van der Waals surface area contributed by atoms with Gasteiger partial charge >= 0.3 is 5.97 Å². The molecule has 0 saturated carbocycles. The van der Waals surface area contributed by atoms with Crippen LogP contribution in [0, 0.1) is 22.7 Å². The number of carbonyl (C=O) groups is 2. The van der Waals surface area contributed by atoms with Crippen molar-refractivity contribution in [1.82, 2.24) is 4.90 Å². The van der Waals surface area contributed by atoms with Crippen molar-refractivity contribution in [3.05, 3.63) is 29.8 Å². The average molecular weight is 364 g/mol. The lowest BCUT2D eigenvalue weighted by atomic mass is 10.2. The number of hydrogen-bond acceptors (Lipinski definition) is 7. The van der Waals surface area contributed by atoms with Gasteiger partial charge in [0.1, 0.15) is 0 Å². The second kappa shape index (κ2) is 9.37. The highest BCUT2D eigenvalue weighted by molar-refractivity contribution is 7.89. The van der Waals surface area contributed by atoms with Crippen LogP contribution in [0.3, 0.4) is 0 Å². The number of esters is 1. The number of nitriles is 2. The van der Waals surface area contributed by atoms with Crippen LogP contribution in [0.2, 0.25) is 0 Å². The Morgan fingerprint density at radius 2 is 1.60 bits per heavy atom. The highest BCUT2D eigenvalue weighted by Crippen LogP contribution is 2.10. The summed E-state index contributed by atoms with van der Waals surface area (Å²) in [4.78, 5) is 25.0. The summed E-state index contributed by atoms with van der Waals surface area (Å²) in [6.07, 6.45) is 0.195. The molecule has 0 atom stereocenters. The van der Waals surface area contributed by atoms with Crippen LogP contribution in [-0.4, -0.2) is 44.9 Å². The standard InChI is InChI=1S/C15H16N4O5S/c16-7-1-9-19(10-2-8-17)14(20)11-24-15(21)12-3-5-13(6-4-12)25(18,22)23/h3-6H,1-2,9-11H2,(H2,18,22,23). The van der Waals surface area contributed by atoms with Crippen molar-refractivity contribution < 1.29 is 22.7 Å². The monoisotopic (exact) mass is 364 g/mol. The molecular weight excluding hydrogens is 348 g/mol. The Morgan fingerprint density at radius 3 is 2.04 bits per heavy atom. The van der Waals surface area contributed by atoms with E-state index in [-0.39, 0.29) is 36.4 Å². The van der Waals surface area contributed by atoms with Gasteiger partial charge in [-0.15, -0.1) is 0 Å². The molecule has 0 spiro atoms. The average Bonchev–Trinajstić information content (AvgIpc) is 2.59. The van der Waals surface area contributed by atoms with Gasteiger partial charge in [0.15, 0.2) is 6.61 Å². The Hall–Kier alpha value is -2.95. The number of sulfonamides is 1. The first kappa shape index (κ1) is 20.1. The smallest absolute Gasteiger partial charge is 0.338 e. The molecule has 1 aromatic carbocycles. The van der Waals surface area contributed by atoms with Crippen LogP contribution in [0.5, 0.6) is 0 Å². The summed E-state index contributed by atoms with van der Waals surface area (Å²) < 4.78 is 27.2. The number of nitrogens with zero attached hydrogens (tertiary/aromatic N) is 3. The van der Waals surface area contributed by atoms with Gasteiger partial charge in [0, 0.05) is 13.1 Å². The van der Waals surface area contributed by atoms with E-state index >= 15 is 0 Å². The van der Waals surface area contributed by atoms with Crippen LogP contribution in [0.4, 0.5) is 0 Å². The van der Waals surface area contributed by atoms with Crippen molar-refractivity contribution in [3.63, 3.8) is 0 Å². The minimum atomic E-state index is -3.87. The van der Waals surface area contributed by atoms with E-state index in [0.29, 0.717) is 0 Å². The van der Waals surface area contributed by atoms with E-state index in [4.69, 9.17) is 20.4 Å². The molecule has 132 valence electrons. The van der Waals surface area contributed by atoms with Crippen LogP contribution >= 0.6 is 0 Å². The molecular formula is C15H16N4O5S. The maximum absolute atomic E-state index is 12.0. The predicted octanol–water partition coefficient (Wildman–Crippen LogP) is 0.147. The zero-order chi connectivity index (χ0) is 18.9. The molecule has 2 N–H and O–H groups in total. The Labute approximate surface area is 145 Å². The second-order valence-electron chi connectivity index (χ2n) is 4.84. The Bertz CT molecular complexity index is 788. The van der Waals surface area contributed by atoms with E-state index in [9.17, 15) is 18.0 Å². The third-order valence-electron chi connectivity index (χ3n) is 3.09. The Kier molecular flexibility index (Phi) is 7.53. The van der Waals surface area contributed by atoms with Crippen molar-refractivity contribution in [1.29, 1.82) is 10.5 Å². The lowest BCUT2D eigenvalue weighted by Crippen LogP contribution is -2.36. The van der Waals surface area contributed by atoms with Crippen LogP contribution < -0.4 is 5.14 Å². The van der Waals surface area contributed by atoms with E-state index < -0.39 is 28.5 Å². The zero-order valence-electron chi connectivity index (χ0n) is 13.2. The summed E-state index contributed by atoms with van der Waals surface area (Å²) >= 11 is 0. The van der Waals surface area contributed by atoms with E-state index in [1.54, 1.807) is 0 Å². The maximum Gasteiger partial charge on any atom is 0.338 e. The highest BCUT2D eigenvalue weighted by Gasteiger charge is 2.17. The first-order valence-corrected chi connectivity index (χ1v) is 8.66. The van der Waals surface area contributed by atoms with Gasteiger partial charge in [0.25, 0.3) is 5.91 Å². The first-order chi connectivity index (χ1) is 11.8. The van der Waals surface area contributed by atoms with Gasteiger partial charge in [0.05, 0.1) is 35.4 Å². The molecule has 0 aliphatic rings. The van der Waals surface area contributed by atoms with Crippen molar-refractivity contribution >= 4 is 21.9 Å². The van der Waals surface area contributed by atoms with Gasteiger partial charge < -0.3 is 9.64 Å². The van der Waals surface area contributed by atoms with Gasteiger partial charge in [0.2, 0.25) is 10.0 Å². The number of benzene rings is 1. The van der Waals surface area contributed by atoms with E-state index in [2.05, 4.69) is 0 Å². The van der Waals surface area contributed by atoms with Gasteiger partial charge in [-0.25, -0.2) is 18.4 Å². The highest BCUT2D eigenvalue weighted by atomic mass is 32.2. The molecule has 0 aromatic heterocycles. The normalized spacial score (nSPS) is 10.4. The molecule has 0 bridgehead atoms. The molecule has 0 saturated heterocycles. The van der Waals surface area contributed by atoms with Crippen LogP contribution in [-0.2, 0) is 19.6 Å². The van der Waals surface area contributed by atoms with E-state index in [1.165, 1.54) is 17.0 Å². The third-order valence-corrected chi connectivity index (χ3v) is 4.01. The molecule has 25 heavy (non-hydrogen) atoms. The van der Waals surface area contributed by atoms with E-state index in [0.717, 1.165) is 12.1 Å². The van der Waals surface area contributed by atoms with Crippen LogP contribution in [0.15, 0.2) is 29.2 Å². The molecule has 1 amide bonds. The van der Waals surface area contributed by atoms with E-state index in [1.807, 2.05) is 12.1 Å². The largest absolute Gasteiger partial charge is 0.452 e. The molecule has 0 aliphatic carbocycles. The number of rotatable bonds is 8. The fourth-order valence-corrected chi connectivity index (χ4v) is 2.33. The minimum absolute atomic E-state index is 0.0563. The third kappa shape index (κ3) is 6.59. The Balaban J connectivity index is 2.66. The number of hydrogen-bond donors (Lipinski definition) is 1. The molecule has 0 unspecified atom stereocenters. The molecule has 0 radical (unpaired) electrons. The van der Waals surface area contributed by atoms with Crippen molar-refractivity contribution in [3.8, 4) is 12.1 Å². The molecule has 0 fully saturated rings. The molecule has 1 rings (SSSR count). The van der Waals surface area contributed by atoms with Crippen LogP contribution in [0.1, 0.15) is 23.2 Å². The number of amides is 1. The summed E-state index contributed by atoms with van der Waals surface area (Å²) in [5.74, 6) is -1.34. The summed E-state index contributed by atoms with van der Waals surface area (Å²) in [5.41, 5.74) is 0.0563. The fraction of sp³-hybridized carbons (Fsp3) is 0.333. The maximum atomic E-state index is 12.0. The summed E-state index contributed by atoms with van der Waals surface area (Å²) in [6, 6.07) is 8.53. The number of carbonyl (C=O) groups excluding carboxylic acids is 2. The minimum Gasteiger partial charge on any atom is -0.452 e. The van der Waals surface area contributed by atoms with Crippen molar-refractivity contribution in [2.45, 2.75) is 17.7 Å². The Morgan fingerprint density at radius 1 is 1.08 bits per heavy atom. The lowest BCUT2D eigenvalue weighted by molar-refractivity contribution is -0.134. The van der Waals surface area contributed by atoms with Gasteiger partial charge in [-0.3, -0.25) is 4.79 Å². The SMILES string of the molecule is N#CCCN(CCC#N)C(=O)COC(=O)c1ccc(S(N)(=O)=O)cc1. The molecule has 0 heterocycles. The number of primary sulfonamides is 1. The molecule has 9 nitrogen and oxygen atoms in total. The molecule has 10 heteroatoms. The zero-order valence-corrected chi connectivity index (χ0v) is 14.0. The quantitative estimate of drug-likeness (QED) is 0.643.